The van der Waals surface area contributed by atoms with E-state index in [1.807, 2.05) is 27.7 Å². The van der Waals surface area contributed by atoms with Gasteiger partial charge in [-0.2, -0.15) is 12.6 Å². The van der Waals surface area contributed by atoms with Crippen LogP contribution in [-0.4, -0.2) is 16.8 Å². The second kappa shape index (κ2) is 3.82. The highest BCUT2D eigenvalue weighted by molar-refractivity contribution is 7.91. The lowest BCUT2D eigenvalue weighted by molar-refractivity contribution is 0.565. The molecule has 0 unspecified atom stereocenters. The minimum absolute atomic E-state index is 0.282. The Morgan fingerprint density at radius 2 is 1.50 bits per heavy atom. The molecule has 0 heterocycles. The van der Waals surface area contributed by atoms with E-state index in [-0.39, 0.29) is 11.3 Å². The predicted molar refractivity (Wildman–Crippen MR) is 51.7 cm³/mol. The van der Waals surface area contributed by atoms with Crippen LogP contribution in [-0.2, 0) is 4.57 Å². The van der Waals surface area contributed by atoms with Gasteiger partial charge in [-0.3, -0.25) is 0 Å². The van der Waals surface area contributed by atoms with E-state index in [0.717, 1.165) is 0 Å². The Morgan fingerprint density at radius 3 is 1.50 bits per heavy atom. The molecule has 0 rings (SSSR count). The molecule has 10 heavy (non-hydrogen) atoms. The van der Waals surface area contributed by atoms with Gasteiger partial charge in [0.1, 0.15) is 7.14 Å². The molecule has 0 aromatic heterocycles. The molecule has 1 nitrogen and oxygen atoms in total. The largest absolute Gasteiger partial charge is 0.322 e. The Kier molecular flexibility index (Phi) is 4.05. The van der Waals surface area contributed by atoms with Crippen LogP contribution in [0.3, 0.4) is 0 Å². The quantitative estimate of drug-likeness (QED) is 0.521. The van der Waals surface area contributed by atoms with Crippen molar-refractivity contribution in [3.63, 3.8) is 0 Å². The van der Waals surface area contributed by atoms with Crippen LogP contribution in [0.2, 0.25) is 0 Å². The highest BCUT2D eigenvalue weighted by Gasteiger charge is 2.28. The lowest BCUT2D eigenvalue weighted by Crippen LogP contribution is -2.08. The van der Waals surface area contributed by atoms with Gasteiger partial charge in [0.25, 0.3) is 0 Å². The van der Waals surface area contributed by atoms with Gasteiger partial charge in [-0.25, -0.2) is 0 Å². The molecule has 0 fully saturated rings. The SMILES string of the molecule is CC(C)P(=O)(CS)C(C)C. The van der Waals surface area contributed by atoms with Gasteiger partial charge >= 0.3 is 0 Å². The zero-order valence-corrected chi connectivity index (χ0v) is 8.95. The second-order valence-corrected chi connectivity index (χ2v) is 8.09. The first kappa shape index (κ1) is 10.6. The van der Waals surface area contributed by atoms with Crippen LogP contribution in [0.25, 0.3) is 0 Å². The molecule has 0 aromatic carbocycles. The first-order valence-electron chi connectivity index (χ1n) is 3.64. The molecule has 0 saturated carbocycles. The second-order valence-electron chi connectivity index (χ2n) is 3.18. The molecule has 0 bridgehead atoms. The average molecular weight is 180 g/mol. The first-order valence-corrected chi connectivity index (χ1v) is 6.30. The van der Waals surface area contributed by atoms with Gasteiger partial charge in [0.15, 0.2) is 0 Å². The van der Waals surface area contributed by atoms with E-state index in [1.165, 1.54) is 0 Å². The van der Waals surface area contributed by atoms with Crippen LogP contribution in [0.1, 0.15) is 27.7 Å². The van der Waals surface area contributed by atoms with Crippen LogP contribution in [0.5, 0.6) is 0 Å². The Hall–Kier alpha value is 0.580. The number of hydrogen-bond donors (Lipinski definition) is 1. The summed E-state index contributed by atoms with van der Waals surface area (Å²) < 4.78 is 11.9. The topological polar surface area (TPSA) is 17.1 Å². The zero-order chi connectivity index (χ0) is 8.36. The predicted octanol–water partition coefficient (Wildman–Crippen LogP) is 3.05. The maximum Gasteiger partial charge on any atom is 0.102 e. The van der Waals surface area contributed by atoms with Crippen LogP contribution >= 0.6 is 19.8 Å². The van der Waals surface area contributed by atoms with E-state index in [4.69, 9.17) is 0 Å². The van der Waals surface area contributed by atoms with E-state index in [0.29, 0.717) is 5.49 Å². The van der Waals surface area contributed by atoms with Crippen molar-refractivity contribution in [3.8, 4) is 0 Å². The molecule has 0 saturated heterocycles. The Bertz CT molecular complexity index is 131. The smallest absolute Gasteiger partial charge is 0.102 e. The van der Waals surface area contributed by atoms with Gasteiger partial charge in [0, 0.05) is 16.8 Å². The molecule has 0 atom stereocenters. The van der Waals surface area contributed by atoms with Gasteiger partial charge in [-0.1, -0.05) is 27.7 Å². The third kappa shape index (κ3) is 2.03. The van der Waals surface area contributed by atoms with E-state index in [1.54, 1.807) is 0 Å². The summed E-state index contributed by atoms with van der Waals surface area (Å²) in [4.78, 5) is 0. The van der Waals surface area contributed by atoms with Gasteiger partial charge in [-0.05, 0) is 0 Å². The van der Waals surface area contributed by atoms with Crippen molar-refractivity contribution < 1.29 is 4.57 Å². The molecule has 0 spiro atoms. The molecule has 62 valence electrons. The highest BCUT2D eigenvalue weighted by atomic mass is 32.1. The Labute approximate surface area is 69.4 Å². The van der Waals surface area contributed by atoms with Crippen LogP contribution in [0, 0.1) is 0 Å². The molecular formula is C7H17OPS. The van der Waals surface area contributed by atoms with Crippen molar-refractivity contribution in [2.75, 3.05) is 5.49 Å². The lowest BCUT2D eigenvalue weighted by Gasteiger charge is -2.23. The van der Waals surface area contributed by atoms with E-state index in [2.05, 4.69) is 12.6 Å². The van der Waals surface area contributed by atoms with Crippen molar-refractivity contribution in [2.45, 2.75) is 39.0 Å². The van der Waals surface area contributed by atoms with Gasteiger partial charge in [0.05, 0.1) is 0 Å². The van der Waals surface area contributed by atoms with Crippen LogP contribution < -0.4 is 0 Å². The third-order valence-electron chi connectivity index (χ3n) is 1.97. The minimum atomic E-state index is -1.98. The summed E-state index contributed by atoms with van der Waals surface area (Å²) in [5.41, 5.74) is 1.11. The molecule has 3 heteroatoms. The van der Waals surface area contributed by atoms with Crippen LogP contribution in [0.4, 0.5) is 0 Å². The fourth-order valence-electron chi connectivity index (χ4n) is 0.923. The van der Waals surface area contributed by atoms with Crippen molar-refractivity contribution >= 4 is 19.8 Å². The number of rotatable bonds is 3. The maximum atomic E-state index is 11.9. The van der Waals surface area contributed by atoms with Crippen LogP contribution in [0.15, 0.2) is 0 Å². The van der Waals surface area contributed by atoms with Gasteiger partial charge in [0.2, 0.25) is 0 Å². The summed E-state index contributed by atoms with van der Waals surface area (Å²) in [7, 11) is -1.98. The molecule has 0 aliphatic carbocycles. The normalized spacial score (nSPS) is 13.1. The van der Waals surface area contributed by atoms with Crippen molar-refractivity contribution in [1.82, 2.24) is 0 Å². The highest BCUT2D eigenvalue weighted by Crippen LogP contribution is 2.55. The fourth-order valence-corrected chi connectivity index (χ4v) is 4.73. The van der Waals surface area contributed by atoms with Gasteiger partial charge < -0.3 is 4.57 Å². The monoisotopic (exact) mass is 180 g/mol. The van der Waals surface area contributed by atoms with E-state index < -0.39 is 7.14 Å². The van der Waals surface area contributed by atoms with E-state index >= 15 is 0 Å². The number of hydrogen-bond acceptors (Lipinski definition) is 2. The molecule has 0 aromatic rings. The summed E-state index contributed by atoms with van der Waals surface area (Å²) in [5, 5.41) is 0. The number of thiol groups is 1. The summed E-state index contributed by atoms with van der Waals surface area (Å²) in [6, 6.07) is 0. The molecule has 0 aliphatic heterocycles. The standard InChI is InChI=1S/C7H17OPS/c1-6(2)9(8,5-10)7(3)4/h6-7,10H,5H2,1-4H3. The lowest BCUT2D eigenvalue weighted by atomic mass is 10.5. The molecule has 0 N–H and O–H groups in total. The fraction of sp³-hybridized carbons (Fsp3) is 1.00. The summed E-state index contributed by atoms with van der Waals surface area (Å²) in [6.45, 7) is 8.04. The van der Waals surface area contributed by atoms with Crippen molar-refractivity contribution in [2.24, 2.45) is 0 Å². The molecular weight excluding hydrogens is 163 g/mol. The summed E-state index contributed by atoms with van der Waals surface area (Å²) in [5.74, 6) is 0. The summed E-state index contributed by atoms with van der Waals surface area (Å²) >= 11 is 4.12. The molecule has 0 amide bonds. The molecule has 0 aliphatic rings. The van der Waals surface area contributed by atoms with Crippen molar-refractivity contribution in [1.29, 1.82) is 0 Å². The first-order chi connectivity index (χ1) is 4.45. The zero-order valence-electron chi connectivity index (χ0n) is 7.16. The Balaban J connectivity index is 4.40. The van der Waals surface area contributed by atoms with Crippen molar-refractivity contribution in [3.05, 3.63) is 0 Å². The summed E-state index contributed by atoms with van der Waals surface area (Å²) in [6.07, 6.45) is 0. The third-order valence-corrected chi connectivity index (χ3v) is 7.23. The van der Waals surface area contributed by atoms with Gasteiger partial charge in [-0.15, -0.1) is 0 Å². The average Bonchev–Trinajstić information content (AvgIpc) is 1.85. The Morgan fingerprint density at radius 1 is 1.20 bits per heavy atom. The minimum Gasteiger partial charge on any atom is -0.322 e. The maximum absolute atomic E-state index is 11.9. The molecule has 0 radical (unpaired) electrons. The van der Waals surface area contributed by atoms with E-state index in [9.17, 15) is 4.57 Å².